The molecule has 4 rings (SSSR count). The number of sulfonamides is 2. The predicted molar refractivity (Wildman–Crippen MR) is 155 cm³/mol. The van der Waals surface area contributed by atoms with Crippen molar-refractivity contribution in [1.82, 2.24) is 9.97 Å². The zero-order valence-electron chi connectivity index (χ0n) is 21.8. The minimum absolute atomic E-state index is 0.0146. The Bertz CT molecular complexity index is 1740. The van der Waals surface area contributed by atoms with E-state index in [-0.39, 0.29) is 27.1 Å². The van der Waals surface area contributed by atoms with Crippen molar-refractivity contribution >= 4 is 54.9 Å². The highest BCUT2D eigenvalue weighted by atomic mass is 35.5. The van der Waals surface area contributed by atoms with Gasteiger partial charge in [-0.1, -0.05) is 35.4 Å². The van der Waals surface area contributed by atoms with Crippen molar-refractivity contribution in [2.45, 2.75) is 30.6 Å². The molecule has 208 valence electrons. The number of hydrogen-bond donors (Lipinski definition) is 2. The van der Waals surface area contributed by atoms with Crippen molar-refractivity contribution in [3.8, 4) is 0 Å². The molecule has 4 aromatic rings. The third kappa shape index (κ3) is 6.95. The minimum Gasteiger partial charge on any atom is -0.325 e. The second kappa shape index (κ2) is 11.6. The molecule has 1 aromatic heterocycles. The summed E-state index contributed by atoms with van der Waals surface area (Å²) in [6.45, 7) is 4.73. The number of nitrogens with one attached hydrogen (secondary N) is 2. The van der Waals surface area contributed by atoms with Gasteiger partial charge in [0.25, 0.3) is 20.0 Å². The highest BCUT2D eigenvalue weighted by Gasteiger charge is 2.27. The molecule has 10 nitrogen and oxygen atoms in total. The second-order valence-electron chi connectivity index (χ2n) is 8.96. The van der Waals surface area contributed by atoms with Crippen LogP contribution >= 0.6 is 11.6 Å². The van der Waals surface area contributed by atoms with Gasteiger partial charge in [-0.05, 0) is 81.4 Å². The molecule has 0 spiro atoms. The molecule has 0 atom stereocenters. The van der Waals surface area contributed by atoms with E-state index < -0.39 is 32.5 Å². The molecule has 0 bridgehead atoms. The van der Waals surface area contributed by atoms with Crippen LogP contribution in [0.2, 0.25) is 5.02 Å². The van der Waals surface area contributed by atoms with Crippen LogP contribution in [0.3, 0.4) is 0 Å². The summed E-state index contributed by atoms with van der Waals surface area (Å²) in [4.78, 5) is 21.1. The van der Waals surface area contributed by atoms with Crippen LogP contribution in [0.15, 0.2) is 88.7 Å². The lowest BCUT2D eigenvalue weighted by Crippen LogP contribution is -2.38. The number of rotatable bonds is 9. The topological polar surface area (TPSA) is 138 Å². The molecule has 3 aromatic carbocycles. The van der Waals surface area contributed by atoms with Crippen molar-refractivity contribution in [3.63, 3.8) is 0 Å². The van der Waals surface area contributed by atoms with E-state index in [2.05, 4.69) is 20.0 Å². The van der Waals surface area contributed by atoms with Crippen LogP contribution in [0.1, 0.15) is 17.0 Å². The van der Waals surface area contributed by atoms with Gasteiger partial charge in [-0.3, -0.25) is 9.10 Å². The fourth-order valence-electron chi connectivity index (χ4n) is 3.78. The molecule has 13 heteroatoms. The van der Waals surface area contributed by atoms with E-state index in [1.54, 1.807) is 44.2 Å². The third-order valence-electron chi connectivity index (χ3n) is 5.65. The Labute approximate surface area is 238 Å². The fourth-order valence-corrected chi connectivity index (χ4v) is 6.32. The lowest BCUT2D eigenvalue weighted by molar-refractivity contribution is -0.114. The van der Waals surface area contributed by atoms with Gasteiger partial charge in [0, 0.05) is 22.1 Å². The lowest BCUT2D eigenvalue weighted by atomic mass is 10.2. The van der Waals surface area contributed by atoms with Crippen molar-refractivity contribution in [3.05, 3.63) is 101 Å². The average Bonchev–Trinajstić information content (AvgIpc) is 2.87. The maximum absolute atomic E-state index is 13.5. The predicted octanol–water partition coefficient (Wildman–Crippen LogP) is 4.69. The lowest BCUT2D eigenvalue weighted by Gasteiger charge is -2.24. The molecule has 1 amide bonds. The summed E-state index contributed by atoms with van der Waals surface area (Å²) in [5, 5.41) is 2.92. The van der Waals surface area contributed by atoms with E-state index in [9.17, 15) is 21.6 Å². The molecule has 0 aliphatic carbocycles. The summed E-state index contributed by atoms with van der Waals surface area (Å²) < 4.78 is 55.9. The highest BCUT2D eigenvalue weighted by molar-refractivity contribution is 7.93. The van der Waals surface area contributed by atoms with Gasteiger partial charge in [0.05, 0.1) is 15.5 Å². The average molecular weight is 600 g/mol. The first-order chi connectivity index (χ1) is 18.8. The van der Waals surface area contributed by atoms with E-state index in [4.69, 9.17) is 11.6 Å². The standard InChI is InChI=1S/C27H26ClN5O5S2/c1-18-7-11-25(12-8-18)40(37,38)33(23-6-4-5-21(28)16-23)17-26(34)31-22-9-13-24(14-10-22)39(35,36)32-27-29-19(2)15-20(3)30-27/h4-16H,17H2,1-3H3,(H,31,34)(H,29,30,32). The Morgan fingerprint density at radius 1 is 0.825 bits per heavy atom. The fraction of sp³-hybridized carbons (Fsp3) is 0.148. The van der Waals surface area contributed by atoms with Gasteiger partial charge >= 0.3 is 0 Å². The quantitative estimate of drug-likeness (QED) is 0.284. The molecule has 0 aliphatic rings. The molecule has 0 aliphatic heterocycles. The van der Waals surface area contributed by atoms with Crippen LogP contribution in [-0.2, 0) is 24.8 Å². The van der Waals surface area contributed by atoms with Gasteiger partial charge in [-0.2, -0.15) is 0 Å². The molecule has 40 heavy (non-hydrogen) atoms. The van der Waals surface area contributed by atoms with Gasteiger partial charge in [0.2, 0.25) is 11.9 Å². The Hall–Kier alpha value is -4.00. The van der Waals surface area contributed by atoms with Crippen LogP contribution in [0, 0.1) is 20.8 Å². The highest BCUT2D eigenvalue weighted by Crippen LogP contribution is 2.26. The maximum Gasteiger partial charge on any atom is 0.264 e. The smallest absolute Gasteiger partial charge is 0.264 e. The largest absolute Gasteiger partial charge is 0.325 e. The number of hydrogen-bond acceptors (Lipinski definition) is 7. The zero-order chi connectivity index (χ0) is 29.1. The van der Waals surface area contributed by atoms with Crippen LogP contribution < -0.4 is 14.3 Å². The van der Waals surface area contributed by atoms with Gasteiger partial charge < -0.3 is 5.32 Å². The van der Waals surface area contributed by atoms with Crippen molar-refractivity contribution in [2.24, 2.45) is 0 Å². The first-order valence-corrected chi connectivity index (χ1v) is 15.2. The van der Waals surface area contributed by atoms with Gasteiger partial charge in [0.15, 0.2) is 0 Å². The Morgan fingerprint density at radius 2 is 1.43 bits per heavy atom. The number of anilines is 3. The molecule has 0 saturated carbocycles. The van der Waals surface area contributed by atoms with E-state index in [1.807, 2.05) is 6.92 Å². The summed E-state index contributed by atoms with van der Waals surface area (Å²) >= 11 is 6.11. The normalized spacial score (nSPS) is 11.6. The summed E-state index contributed by atoms with van der Waals surface area (Å²) in [5.74, 6) is -0.696. The van der Waals surface area contributed by atoms with Gasteiger partial charge in [-0.25, -0.2) is 31.5 Å². The minimum atomic E-state index is -4.12. The van der Waals surface area contributed by atoms with Gasteiger partial charge in [-0.15, -0.1) is 0 Å². The number of carbonyl (C=O) groups is 1. The SMILES string of the molecule is Cc1ccc(S(=O)(=O)N(CC(=O)Nc2ccc(S(=O)(=O)Nc3nc(C)cc(C)n3)cc2)c2cccc(Cl)c2)cc1. The number of halogens is 1. The monoisotopic (exact) mass is 599 g/mol. The second-order valence-corrected chi connectivity index (χ2v) is 12.9. The van der Waals surface area contributed by atoms with Gasteiger partial charge in [0.1, 0.15) is 6.54 Å². The van der Waals surface area contributed by atoms with Crippen LogP contribution in [-0.4, -0.2) is 39.3 Å². The molecule has 0 fully saturated rings. The van der Waals surface area contributed by atoms with Crippen LogP contribution in [0.5, 0.6) is 0 Å². The molecular weight excluding hydrogens is 574 g/mol. The van der Waals surface area contributed by atoms with E-state index >= 15 is 0 Å². The summed E-state index contributed by atoms with van der Waals surface area (Å²) in [5.41, 5.74) is 2.59. The molecule has 0 unspecified atom stereocenters. The summed E-state index contributed by atoms with van der Waals surface area (Å²) in [6.07, 6.45) is 0. The number of aromatic nitrogens is 2. The zero-order valence-corrected chi connectivity index (χ0v) is 24.2. The van der Waals surface area contributed by atoms with Crippen molar-refractivity contribution in [2.75, 3.05) is 20.9 Å². The number of amides is 1. The number of benzene rings is 3. The maximum atomic E-state index is 13.5. The van der Waals surface area contributed by atoms with E-state index in [1.165, 1.54) is 48.5 Å². The molecular formula is C27H26ClN5O5S2. The van der Waals surface area contributed by atoms with E-state index in [0.29, 0.717) is 16.4 Å². The number of carbonyl (C=O) groups excluding carboxylic acids is 1. The first kappa shape index (κ1) is 29.0. The third-order valence-corrected chi connectivity index (χ3v) is 9.02. The molecule has 0 radical (unpaired) electrons. The molecule has 1 heterocycles. The molecule has 2 N–H and O–H groups in total. The van der Waals surface area contributed by atoms with Crippen molar-refractivity contribution < 1.29 is 21.6 Å². The number of nitrogens with zero attached hydrogens (tertiary/aromatic N) is 3. The summed E-state index contributed by atoms with van der Waals surface area (Å²) in [6, 6.07) is 19.6. The molecule has 0 saturated heterocycles. The van der Waals surface area contributed by atoms with Crippen molar-refractivity contribution in [1.29, 1.82) is 0 Å². The Kier molecular flexibility index (Phi) is 8.43. The first-order valence-electron chi connectivity index (χ1n) is 11.9. The number of aryl methyl sites for hydroxylation is 3. The van der Waals surface area contributed by atoms with Crippen LogP contribution in [0.25, 0.3) is 0 Å². The Morgan fingerprint density at radius 3 is 2.02 bits per heavy atom. The Balaban J connectivity index is 1.53. The van der Waals surface area contributed by atoms with Crippen LogP contribution in [0.4, 0.5) is 17.3 Å². The summed E-state index contributed by atoms with van der Waals surface area (Å²) in [7, 11) is -8.11. The van der Waals surface area contributed by atoms with E-state index in [0.717, 1.165) is 9.87 Å².